The van der Waals surface area contributed by atoms with E-state index in [4.69, 9.17) is 10.5 Å². The molecule has 0 bridgehead atoms. The van der Waals surface area contributed by atoms with Crippen LogP contribution < -0.4 is 10.5 Å². The summed E-state index contributed by atoms with van der Waals surface area (Å²) in [6.45, 7) is 0.946. The summed E-state index contributed by atoms with van der Waals surface area (Å²) < 4.78 is 29.8. The Balaban J connectivity index is 1.96. The predicted octanol–water partition coefficient (Wildman–Crippen LogP) is 0.681. The van der Waals surface area contributed by atoms with Crippen LogP contribution >= 0.6 is 0 Å². The molecule has 0 saturated carbocycles. The minimum Gasteiger partial charge on any atom is -0.489 e. The maximum absolute atomic E-state index is 11.3. The molecule has 1 aliphatic rings. The lowest BCUT2D eigenvalue weighted by Crippen LogP contribution is -2.29. The smallest absolute Gasteiger partial charge is 0.211 e. The summed E-state index contributed by atoms with van der Waals surface area (Å²) in [4.78, 5) is 0. The van der Waals surface area contributed by atoms with Gasteiger partial charge in [-0.05, 0) is 30.7 Å². The predicted molar refractivity (Wildman–Crippen MR) is 66.3 cm³/mol. The van der Waals surface area contributed by atoms with Gasteiger partial charge in [0, 0.05) is 12.2 Å². The van der Waals surface area contributed by atoms with Gasteiger partial charge in [0.1, 0.15) is 11.9 Å². The van der Waals surface area contributed by atoms with Crippen molar-refractivity contribution in [2.24, 2.45) is 0 Å². The largest absolute Gasteiger partial charge is 0.489 e. The normalized spacial score (nSPS) is 21.6. The van der Waals surface area contributed by atoms with Gasteiger partial charge in [0.05, 0.1) is 12.8 Å². The van der Waals surface area contributed by atoms with Crippen LogP contribution in [0.1, 0.15) is 6.42 Å². The molecule has 0 aliphatic carbocycles. The number of hydrogen-bond acceptors (Lipinski definition) is 4. The van der Waals surface area contributed by atoms with Crippen LogP contribution in [0.15, 0.2) is 24.3 Å². The molecular weight excluding hydrogens is 240 g/mol. The third-order valence-electron chi connectivity index (χ3n) is 2.76. The van der Waals surface area contributed by atoms with Crippen molar-refractivity contribution < 1.29 is 13.2 Å². The second kappa shape index (κ2) is 4.54. The number of ether oxygens (including phenoxy) is 1. The summed E-state index contributed by atoms with van der Waals surface area (Å²) in [5, 5.41) is 0. The van der Waals surface area contributed by atoms with E-state index in [2.05, 4.69) is 0 Å². The number of benzene rings is 1. The van der Waals surface area contributed by atoms with Crippen LogP contribution in [-0.2, 0) is 10.0 Å². The van der Waals surface area contributed by atoms with E-state index in [0.717, 1.165) is 12.2 Å². The van der Waals surface area contributed by atoms with Gasteiger partial charge in [-0.25, -0.2) is 8.42 Å². The van der Waals surface area contributed by atoms with Crippen LogP contribution in [0.25, 0.3) is 0 Å². The Morgan fingerprint density at radius 1 is 1.35 bits per heavy atom. The molecule has 1 aromatic carbocycles. The zero-order valence-corrected chi connectivity index (χ0v) is 10.5. The summed E-state index contributed by atoms with van der Waals surface area (Å²) >= 11 is 0. The number of nitrogens with zero attached hydrogens (tertiary/aromatic N) is 1. The molecule has 2 N–H and O–H groups in total. The Morgan fingerprint density at radius 3 is 2.53 bits per heavy atom. The zero-order valence-electron chi connectivity index (χ0n) is 9.67. The molecule has 0 spiro atoms. The van der Waals surface area contributed by atoms with Gasteiger partial charge < -0.3 is 10.5 Å². The van der Waals surface area contributed by atoms with Crippen molar-refractivity contribution >= 4 is 15.7 Å². The van der Waals surface area contributed by atoms with Crippen LogP contribution in [-0.4, -0.2) is 38.2 Å². The first-order valence-corrected chi connectivity index (χ1v) is 7.27. The minimum atomic E-state index is -3.10. The quantitative estimate of drug-likeness (QED) is 0.807. The van der Waals surface area contributed by atoms with E-state index >= 15 is 0 Å². The molecule has 0 aromatic heterocycles. The van der Waals surface area contributed by atoms with Gasteiger partial charge in [0.15, 0.2) is 0 Å². The van der Waals surface area contributed by atoms with Gasteiger partial charge in [-0.2, -0.15) is 4.31 Å². The highest BCUT2D eigenvalue weighted by atomic mass is 32.2. The van der Waals surface area contributed by atoms with Crippen LogP contribution in [0.3, 0.4) is 0 Å². The fraction of sp³-hybridized carbons (Fsp3) is 0.455. The average Bonchev–Trinajstić information content (AvgIpc) is 2.69. The molecule has 1 aliphatic heterocycles. The standard InChI is InChI=1S/C11H16N2O3S/c1-17(14,15)13-7-6-11(8-13)16-10-4-2-9(12)3-5-10/h2-5,11H,6-8,12H2,1H3/t11-/m1/s1. The number of rotatable bonds is 3. The van der Waals surface area contributed by atoms with Crippen molar-refractivity contribution in [3.05, 3.63) is 24.3 Å². The summed E-state index contributed by atoms with van der Waals surface area (Å²) in [7, 11) is -3.10. The third-order valence-corrected chi connectivity index (χ3v) is 4.03. The maximum Gasteiger partial charge on any atom is 0.211 e. The van der Waals surface area contributed by atoms with Gasteiger partial charge >= 0.3 is 0 Å². The molecule has 94 valence electrons. The van der Waals surface area contributed by atoms with E-state index in [0.29, 0.717) is 18.8 Å². The SMILES string of the molecule is CS(=O)(=O)N1CC[C@@H](Oc2ccc(N)cc2)C1. The Bertz CT molecular complexity index is 484. The molecule has 17 heavy (non-hydrogen) atoms. The molecule has 0 amide bonds. The summed E-state index contributed by atoms with van der Waals surface area (Å²) in [6, 6.07) is 7.11. The highest BCUT2D eigenvalue weighted by molar-refractivity contribution is 7.88. The molecule has 1 atom stereocenters. The van der Waals surface area contributed by atoms with Crippen molar-refractivity contribution in [3.63, 3.8) is 0 Å². The lowest BCUT2D eigenvalue weighted by Gasteiger charge is -2.15. The molecule has 0 radical (unpaired) electrons. The van der Waals surface area contributed by atoms with Gasteiger partial charge in [-0.3, -0.25) is 0 Å². The van der Waals surface area contributed by atoms with Gasteiger partial charge in [0.25, 0.3) is 0 Å². The molecule has 1 fully saturated rings. The number of hydrogen-bond donors (Lipinski definition) is 1. The monoisotopic (exact) mass is 256 g/mol. The van der Waals surface area contributed by atoms with Crippen molar-refractivity contribution in [2.45, 2.75) is 12.5 Å². The number of anilines is 1. The highest BCUT2D eigenvalue weighted by Gasteiger charge is 2.29. The number of nitrogens with two attached hydrogens (primary N) is 1. The van der Waals surface area contributed by atoms with E-state index in [9.17, 15) is 8.42 Å². The molecule has 5 nitrogen and oxygen atoms in total. The summed E-state index contributed by atoms with van der Waals surface area (Å²) in [5.41, 5.74) is 6.25. The fourth-order valence-corrected chi connectivity index (χ4v) is 2.71. The summed E-state index contributed by atoms with van der Waals surface area (Å²) in [6.07, 6.45) is 1.86. The molecular formula is C11H16N2O3S. The minimum absolute atomic E-state index is 0.0756. The van der Waals surface area contributed by atoms with Crippen molar-refractivity contribution in [3.8, 4) is 5.75 Å². The Morgan fingerprint density at radius 2 is 2.00 bits per heavy atom. The Kier molecular flexibility index (Phi) is 3.26. The van der Waals surface area contributed by atoms with Gasteiger partial charge in [-0.15, -0.1) is 0 Å². The molecule has 6 heteroatoms. The van der Waals surface area contributed by atoms with E-state index in [1.54, 1.807) is 24.3 Å². The number of sulfonamides is 1. The third kappa shape index (κ3) is 3.10. The lowest BCUT2D eigenvalue weighted by molar-refractivity contribution is 0.215. The van der Waals surface area contributed by atoms with Crippen molar-refractivity contribution in [1.29, 1.82) is 0 Å². The van der Waals surface area contributed by atoms with Crippen LogP contribution in [0.2, 0.25) is 0 Å². The van der Waals surface area contributed by atoms with Gasteiger partial charge in [0.2, 0.25) is 10.0 Å². The lowest BCUT2D eigenvalue weighted by atomic mass is 10.3. The molecule has 1 saturated heterocycles. The highest BCUT2D eigenvalue weighted by Crippen LogP contribution is 2.20. The first-order chi connectivity index (χ1) is 7.95. The molecule has 0 unspecified atom stereocenters. The van der Waals surface area contributed by atoms with Crippen LogP contribution in [0, 0.1) is 0 Å². The number of nitrogen functional groups attached to an aromatic ring is 1. The molecule has 2 rings (SSSR count). The second-order valence-corrected chi connectivity index (χ2v) is 6.20. The fourth-order valence-electron chi connectivity index (χ4n) is 1.83. The van der Waals surface area contributed by atoms with E-state index in [-0.39, 0.29) is 6.10 Å². The molecule has 1 heterocycles. The van der Waals surface area contributed by atoms with Crippen molar-refractivity contribution in [1.82, 2.24) is 4.31 Å². The second-order valence-electron chi connectivity index (χ2n) is 4.22. The van der Waals surface area contributed by atoms with E-state index in [1.165, 1.54) is 10.6 Å². The van der Waals surface area contributed by atoms with E-state index < -0.39 is 10.0 Å². The Labute approximate surface area is 101 Å². The Hall–Kier alpha value is -1.27. The van der Waals surface area contributed by atoms with Gasteiger partial charge in [-0.1, -0.05) is 0 Å². The first kappa shape index (κ1) is 12.2. The summed E-state index contributed by atoms with van der Waals surface area (Å²) in [5.74, 6) is 0.722. The zero-order chi connectivity index (χ0) is 12.5. The average molecular weight is 256 g/mol. The molecule has 1 aromatic rings. The van der Waals surface area contributed by atoms with Crippen molar-refractivity contribution in [2.75, 3.05) is 25.1 Å². The van der Waals surface area contributed by atoms with Crippen LogP contribution in [0.5, 0.6) is 5.75 Å². The van der Waals surface area contributed by atoms with E-state index in [1.807, 2.05) is 0 Å². The topological polar surface area (TPSA) is 72.6 Å². The maximum atomic E-state index is 11.3. The van der Waals surface area contributed by atoms with Crippen LogP contribution in [0.4, 0.5) is 5.69 Å². The first-order valence-electron chi connectivity index (χ1n) is 5.42.